The van der Waals surface area contributed by atoms with Crippen molar-refractivity contribution in [3.05, 3.63) is 64.7 Å². The summed E-state index contributed by atoms with van der Waals surface area (Å²) in [6, 6.07) is 14.9. The largest absolute Gasteiger partial charge is 0.491 e. The molecule has 3 nitrogen and oxygen atoms in total. The van der Waals surface area contributed by atoms with Crippen molar-refractivity contribution in [2.24, 2.45) is 0 Å². The first-order valence-corrected chi connectivity index (χ1v) is 8.69. The second-order valence-electron chi connectivity index (χ2n) is 6.51. The molecule has 25 heavy (non-hydrogen) atoms. The van der Waals surface area contributed by atoms with E-state index in [9.17, 15) is 5.11 Å². The van der Waals surface area contributed by atoms with Crippen molar-refractivity contribution in [3.63, 3.8) is 0 Å². The fourth-order valence-corrected chi connectivity index (χ4v) is 2.74. The number of nitrogens with one attached hydrogen (secondary N) is 1. The Morgan fingerprint density at radius 2 is 1.64 bits per heavy atom. The van der Waals surface area contributed by atoms with Crippen molar-refractivity contribution in [1.29, 1.82) is 0 Å². The van der Waals surface area contributed by atoms with Crippen molar-refractivity contribution < 1.29 is 9.84 Å². The van der Waals surface area contributed by atoms with E-state index in [2.05, 4.69) is 49.5 Å². The van der Waals surface area contributed by atoms with E-state index >= 15 is 0 Å². The van der Waals surface area contributed by atoms with Gasteiger partial charge in [-0.1, -0.05) is 37.3 Å². The van der Waals surface area contributed by atoms with E-state index in [-0.39, 0.29) is 25.1 Å². The number of halogens is 1. The minimum atomic E-state index is -0.539. The minimum Gasteiger partial charge on any atom is -0.491 e. The molecule has 2 rings (SSSR count). The van der Waals surface area contributed by atoms with Crippen LogP contribution >= 0.6 is 12.4 Å². The van der Waals surface area contributed by atoms with E-state index in [1.165, 1.54) is 22.3 Å². The van der Waals surface area contributed by atoms with E-state index < -0.39 is 6.10 Å². The summed E-state index contributed by atoms with van der Waals surface area (Å²) in [7, 11) is 0. The average molecular weight is 364 g/mol. The number of aryl methyl sites for hydroxylation is 3. The van der Waals surface area contributed by atoms with Crippen LogP contribution in [0.15, 0.2) is 42.5 Å². The molecule has 0 amide bonds. The van der Waals surface area contributed by atoms with E-state index in [1.807, 2.05) is 26.0 Å². The third-order valence-corrected chi connectivity index (χ3v) is 4.19. The molecule has 0 radical (unpaired) electrons. The standard InChI is InChI=1S/C21H29NO2.ClH/c1-5-18-6-8-19(9-7-18)17(4)22-13-20(23)14-24-21-11-15(2)10-16(3)12-21;/h6-12,17,20,22-23H,5,13-14H2,1-4H3;1H. The number of aliphatic hydroxyl groups is 1. The number of hydrogen-bond acceptors (Lipinski definition) is 3. The van der Waals surface area contributed by atoms with E-state index in [4.69, 9.17) is 4.74 Å². The monoisotopic (exact) mass is 363 g/mol. The Morgan fingerprint density at radius 1 is 1.04 bits per heavy atom. The third-order valence-electron chi connectivity index (χ3n) is 4.19. The summed E-state index contributed by atoms with van der Waals surface area (Å²) in [6.07, 6.45) is 0.513. The molecule has 0 saturated heterocycles. The van der Waals surface area contributed by atoms with Crippen LogP contribution in [0, 0.1) is 13.8 Å². The molecule has 0 bridgehead atoms. The van der Waals surface area contributed by atoms with Gasteiger partial charge in [-0.25, -0.2) is 0 Å². The van der Waals surface area contributed by atoms with Crippen molar-refractivity contribution in [3.8, 4) is 5.75 Å². The highest BCUT2D eigenvalue weighted by Gasteiger charge is 2.10. The first-order valence-electron chi connectivity index (χ1n) is 8.69. The fourth-order valence-electron chi connectivity index (χ4n) is 2.74. The molecule has 0 heterocycles. The molecule has 2 unspecified atom stereocenters. The number of hydrogen-bond donors (Lipinski definition) is 2. The lowest BCUT2D eigenvalue weighted by Gasteiger charge is -2.18. The first-order chi connectivity index (χ1) is 11.5. The lowest BCUT2D eigenvalue weighted by atomic mass is 10.0. The molecule has 2 aromatic rings. The van der Waals surface area contributed by atoms with Gasteiger partial charge in [0.1, 0.15) is 18.5 Å². The Morgan fingerprint density at radius 3 is 2.20 bits per heavy atom. The normalized spacial score (nSPS) is 13.0. The summed E-state index contributed by atoms with van der Waals surface area (Å²) in [5, 5.41) is 13.5. The molecule has 0 saturated carbocycles. The van der Waals surface area contributed by atoms with Crippen LogP contribution in [0.25, 0.3) is 0 Å². The van der Waals surface area contributed by atoms with Crippen LogP contribution in [0.1, 0.15) is 42.1 Å². The summed E-state index contributed by atoms with van der Waals surface area (Å²) in [6.45, 7) is 9.15. The maximum absolute atomic E-state index is 10.1. The lowest BCUT2D eigenvalue weighted by molar-refractivity contribution is 0.104. The molecule has 4 heteroatoms. The van der Waals surface area contributed by atoms with Crippen molar-refractivity contribution in [1.82, 2.24) is 5.32 Å². The molecular formula is C21H30ClNO2. The van der Waals surface area contributed by atoms with Crippen LogP contribution in [0.3, 0.4) is 0 Å². The zero-order valence-corrected chi connectivity index (χ0v) is 16.4. The minimum absolute atomic E-state index is 0. The molecule has 2 atom stereocenters. The van der Waals surface area contributed by atoms with Gasteiger partial charge in [0.25, 0.3) is 0 Å². The second-order valence-corrected chi connectivity index (χ2v) is 6.51. The second kappa shape index (κ2) is 10.4. The Labute approximate surface area is 157 Å². The van der Waals surface area contributed by atoms with Crippen molar-refractivity contribution >= 4 is 12.4 Å². The molecule has 2 aromatic carbocycles. The number of ether oxygens (including phenoxy) is 1. The van der Waals surface area contributed by atoms with Gasteiger partial charge >= 0.3 is 0 Å². The van der Waals surface area contributed by atoms with Crippen LogP contribution in [0.2, 0.25) is 0 Å². The highest BCUT2D eigenvalue weighted by molar-refractivity contribution is 5.85. The van der Waals surface area contributed by atoms with E-state index in [0.29, 0.717) is 6.54 Å². The SMILES string of the molecule is CCc1ccc(C(C)NCC(O)COc2cc(C)cc(C)c2)cc1.Cl. The fraction of sp³-hybridized carbons (Fsp3) is 0.429. The van der Waals surface area contributed by atoms with Crippen molar-refractivity contribution in [2.45, 2.75) is 46.3 Å². The zero-order chi connectivity index (χ0) is 17.5. The summed E-state index contributed by atoms with van der Waals surface area (Å²) >= 11 is 0. The van der Waals surface area contributed by atoms with E-state index in [1.54, 1.807) is 0 Å². The van der Waals surface area contributed by atoms with Gasteiger partial charge in [-0.05, 0) is 61.6 Å². The molecule has 0 aromatic heterocycles. The molecule has 0 aliphatic carbocycles. The topological polar surface area (TPSA) is 41.5 Å². The van der Waals surface area contributed by atoms with Gasteiger partial charge in [0.2, 0.25) is 0 Å². The van der Waals surface area contributed by atoms with E-state index in [0.717, 1.165) is 12.2 Å². The molecule has 0 fully saturated rings. The molecule has 138 valence electrons. The molecular weight excluding hydrogens is 334 g/mol. The summed E-state index contributed by atoms with van der Waals surface area (Å²) in [5.41, 5.74) is 4.91. The van der Waals surface area contributed by atoms with Gasteiger partial charge in [-0.3, -0.25) is 0 Å². The molecule has 2 N–H and O–H groups in total. The molecule has 0 aliphatic rings. The van der Waals surface area contributed by atoms with Crippen LogP contribution in [0.4, 0.5) is 0 Å². The maximum atomic E-state index is 10.1. The van der Waals surface area contributed by atoms with Crippen LogP contribution in [-0.2, 0) is 6.42 Å². The van der Waals surface area contributed by atoms with Gasteiger partial charge in [0, 0.05) is 12.6 Å². The predicted octanol–water partition coefficient (Wildman–Crippen LogP) is 4.38. The number of rotatable bonds is 8. The number of benzene rings is 2. The van der Waals surface area contributed by atoms with Gasteiger partial charge < -0.3 is 15.2 Å². The zero-order valence-electron chi connectivity index (χ0n) is 15.6. The highest BCUT2D eigenvalue weighted by Crippen LogP contribution is 2.17. The van der Waals surface area contributed by atoms with Crippen LogP contribution < -0.4 is 10.1 Å². The summed E-state index contributed by atoms with van der Waals surface area (Å²) < 4.78 is 5.71. The smallest absolute Gasteiger partial charge is 0.119 e. The molecule has 0 spiro atoms. The Hall–Kier alpha value is -1.55. The third kappa shape index (κ3) is 7.07. The first kappa shape index (κ1) is 21.5. The quantitative estimate of drug-likeness (QED) is 0.731. The summed E-state index contributed by atoms with van der Waals surface area (Å²) in [5.74, 6) is 0.815. The van der Waals surface area contributed by atoms with Gasteiger partial charge in [-0.2, -0.15) is 0 Å². The Balaban J connectivity index is 0.00000312. The van der Waals surface area contributed by atoms with Crippen LogP contribution in [-0.4, -0.2) is 24.4 Å². The lowest BCUT2D eigenvalue weighted by Crippen LogP contribution is -2.33. The maximum Gasteiger partial charge on any atom is 0.119 e. The molecule has 0 aliphatic heterocycles. The van der Waals surface area contributed by atoms with Crippen molar-refractivity contribution in [2.75, 3.05) is 13.2 Å². The highest BCUT2D eigenvalue weighted by atomic mass is 35.5. The predicted molar refractivity (Wildman–Crippen MR) is 107 cm³/mol. The number of aliphatic hydroxyl groups excluding tert-OH is 1. The van der Waals surface area contributed by atoms with Gasteiger partial charge in [0.15, 0.2) is 0 Å². The average Bonchev–Trinajstić information content (AvgIpc) is 2.57. The Kier molecular flexibility index (Phi) is 8.98. The Bertz CT molecular complexity index is 623. The van der Waals surface area contributed by atoms with Gasteiger partial charge in [-0.15, -0.1) is 12.4 Å². The summed E-state index contributed by atoms with van der Waals surface area (Å²) in [4.78, 5) is 0. The van der Waals surface area contributed by atoms with Crippen LogP contribution in [0.5, 0.6) is 5.75 Å². The van der Waals surface area contributed by atoms with Gasteiger partial charge in [0.05, 0.1) is 0 Å².